The van der Waals surface area contributed by atoms with E-state index in [-0.39, 0.29) is 58.3 Å². The predicted molar refractivity (Wildman–Crippen MR) is 124 cm³/mol. The number of likely N-dealkylation sites (tertiary alicyclic amines) is 1. The highest BCUT2D eigenvalue weighted by atomic mass is 16.3. The first-order valence-corrected chi connectivity index (χ1v) is 11.3. The highest BCUT2D eigenvalue weighted by molar-refractivity contribution is 6.03. The Balaban J connectivity index is 3.27. The summed E-state index contributed by atoms with van der Waals surface area (Å²) < 4.78 is 0. The first-order chi connectivity index (χ1) is 13.4. The van der Waals surface area contributed by atoms with E-state index >= 15 is 0 Å². The standard InChI is InChI=1S/C25H46N2O3/c1-17(2)20(23(6,7)25(10,11)24(8,9)22(3,4)5)18-16-19(29)27(21(18)30)14-12-26-13-15-28/h18,20,26,28H,1,12-16H2,2-11H3. The van der Waals surface area contributed by atoms with Crippen LogP contribution in [0.15, 0.2) is 12.2 Å². The van der Waals surface area contributed by atoms with Crippen molar-refractivity contribution >= 4 is 11.8 Å². The fourth-order valence-corrected chi connectivity index (χ4v) is 5.19. The first kappa shape index (κ1) is 26.8. The average molecular weight is 423 g/mol. The second-order valence-corrected chi connectivity index (χ2v) is 11.7. The minimum atomic E-state index is -0.377. The van der Waals surface area contributed by atoms with E-state index in [0.29, 0.717) is 19.6 Å². The van der Waals surface area contributed by atoms with Crippen LogP contribution in [0.2, 0.25) is 0 Å². The lowest BCUT2D eigenvalue weighted by Gasteiger charge is -2.61. The molecule has 30 heavy (non-hydrogen) atoms. The number of allylic oxidation sites excluding steroid dienone is 1. The molecule has 1 saturated heterocycles. The Morgan fingerprint density at radius 2 is 1.60 bits per heavy atom. The predicted octanol–water partition coefficient (Wildman–Crippen LogP) is 4.26. The number of carbonyl (C=O) groups excluding carboxylic acids is 2. The number of hydrogen-bond donors (Lipinski definition) is 2. The Labute approximate surface area is 184 Å². The molecule has 1 fully saturated rings. The fraction of sp³-hybridized carbons (Fsp3) is 0.840. The molecule has 0 aromatic heterocycles. The number of carbonyl (C=O) groups is 2. The molecule has 2 unspecified atom stereocenters. The maximum atomic E-state index is 13.3. The van der Waals surface area contributed by atoms with Gasteiger partial charge in [0.2, 0.25) is 11.8 Å². The SMILES string of the molecule is C=C(C)C(C1CC(=O)N(CCNCCO)C1=O)C(C)(C)C(C)(C)C(C)(C)C(C)(C)C. The van der Waals surface area contributed by atoms with Crippen molar-refractivity contribution in [1.29, 1.82) is 0 Å². The molecule has 2 N–H and O–H groups in total. The van der Waals surface area contributed by atoms with E-state index in [4.69, 9.17) is 5.11 Å². The minimum Gasteiger partial charge on any atom is -0.395 e. The zero-order valence-electron chi connectivity index (χ0n) is 21.1. The van der Waals surface area contributed by atoms with Crippen LogP contribution in [0.1, 0.15) is 75.7 Å². The van der Waals surface area contributed by atoms with Crippen molar-refractivity contribution in [1.82, 2.24) is 10.2 Å². The van der Waals surface area contributed by atoms with Crippen LogP contribution in [0.25, 0.3) is 0 Å². The summed E-state index contributed by atoms with van der Waals surface area (Å²) in [5.74, 6) is -0.666. The van der Waals surface area contributed by atoms with Crippen LogP contribution in [-0.2, 0) is 9.59 Å². The smallest absolute Gasteiger partial charge is 0.233 e. The van der Waals surface area contributed by atoms with Crippen LogP contribution >= 0.6 is 0 Å². The topological polar surface area (TPSA) is 69.6 Å². The summed E-state index contributed by atoms with van der Waals surface area (Å²) in [6, 6.07) is 0. The molecule has 0 spiro atoms. The van der Waals surface area contributed by atoms with Crippen LogP contribution in [0.5, 0.6) is 0 Å². The molecule has 0 saturated carbocycles. The Bertz CT molecular complexity index is 656. The van der Waals surface area contributed by atoms with Gasteiger partial charge >= 0.3 is 0 Å². The number of rotatable bonds is 10. The molecule has 1 rings (SSSR count). The van der Waals surface area contributed by atoms with Crippen molar-refractivity contribution in [2.75, 3.05) is 26.2 Å². The zero-order valence-corrected chi connectivity index (χ0v) is 21.1. The number of nitrogens with zero attached hydrogens (tertiary/aromatic N) is 1. The molecule has 0 aromatic rings. The lowest BCUT2D eigenvalue weighted by molar-refractivity contribution is -0.143. The fourth-order valence-electron chi connectivity index (χ4n) is 5.19. The van der Waals surface area contributed by atoms with Gasteiger partial charge in [0.15, 0.2) is 0 Å². The molecule has 2 atom stereocenters. The molecule has 0 aromatic carbocycles. The third-order valence-electron chi connectivity index (χ3n) is 8.84. The Morgan fingerprint density at radius 1 is 1.07 bits per heavy atom. The summed E-state index contributed by atoms with van der Waals surface area (Å²) in [4.78, 5) is 27.4. The van der Waals surface area contributed by atoms with Gasteiger partial charge in [-0.2, -0.15) is 0 Å². The number of amides is 2. The summed E-state index contributed by atoms with van der Waals surface area (Å²) in [6.07, 6.45) is 0.242. The van der Waals surface area contributed by atoms with E-state index in [2.05, 4.69) is 74.2 Å². The van der Waals surface area contributed by atoms with E-state index in [0.717, 1.165) is 5.57 Å². The molecule has 174 valence electrons. The van der Waals surface area contributed by atoms with Crippen molar-refractivity contribution in [3.05, 3.63) is 12.2 Å². The van der Waals surface area contributed by atoms with E-state index in [1.54, 1.807) is 0 Å². The van der Waals surface area contributed by atoms with Crippen LogP contribution < -0.4 is 5.32 Å². The first-order valence-electron chi connectivity index (χ1n) is 11.3. The molecule has 0 radical (unpaired) electrons. The van der Waals surface area contributed by atoms with Gasteiger partial charge < -0.3 is 10.4 Å². The minimum absolute atomic E-state index is 0.0310. The maximum Gasteiger partial charge on any atom is 0.233 e. The van der Waals surface area contributed by atoms with Gasteiger partial charge in [0.25, 0.3) is 0 Å². The molecule has 5 nitrogen and oxygen atoms in total. The van der Waals surface area contributed by atoms with Crippen LogP contribution in [-0.4, -0.2) is 48.1 Å². The van der Waals surface area contributed by atoms with Gasteiger partial charge in [-0.15, -0.1) is 0 Å². The van der Waals surface area contributed by atoms with E-state index in [1.165, 1.54) is 4.90 Å². The van der Waals surface area contributed by atoms with Crippen molar-refractivity contribution < 1.29 is 14.7 Å². The highest BCUT2D eigenvalue weighted by Crippen LogP contribution is 2.63. The molecule has 5 heteroatoms. The van der Waals surface area contributed by atoms with Gasteiger partial charge in [-0.1, -0.05) is 74.5 Å². The van der Waals surface area contributed by atoms with Gasteiger partial charge in [0.1, 0.15) is 0 Å². The average Bonchev–Trinajstić information content (AvgIpc) is 2.84. The largest absolute Gasteiger partial charge is 0.395 e. The number of nitrogens with one attached hydrogen (secondary N) is 1. The van der Waals surface area contributed by atoms with Gasteiger partial charge in [-0.3, -0.25) is 14.5 Å². The summed E-state index contributed by atoms with van der Waals surface area (Å²) in [6.45, 7) is 28.1. The quantitative estimate of drug-likeness (QED) is 0.313. The van der Waals surface area contributed by atoms with Gasteiger partial charge in [0.05, 0.1) is 12.5 Å². The van der Waals surface area contributed by atoms with E-state index < -0.39 is 0 Å². The number of aliphatic hydroxyl groups excluding tert-OH is 1. The van der Waals surface area contributed by atoms with Crippen molar-refractivity contribution in [3.63, 3.8) is 0 Å². The summed E-state index contributed by atoms with van der Waals surface area (Å²) in [5, 5.41) is 12.0. The molecule has 1 heterocycles. The molecular weight excluding hydrogens is 376 g/mol. The van der Waals surface area contributed by atoms with Crippen molar-refractivity contribution in [2.24, 2.45) is 33.5 Å². The van der Waals surface area contributed by atoms with Gasteiger partial charge in [-0.25, -0.2) is 0 Å². The summed E-state index contributed by atoms with van der Waals surface area (Å²) in [7, 11) is 0. The number of imide groups is 1. The monoisotopic (exact) mass is 422 g/mol. The Kier molecular flexibility index (Phi) is 8.15. The number of hydrogen-bond acceptors (Lipinski definition) is 4. The molecular formula is C25H46N2O3. The second kappa shape index (κ2) is 9.12. The highest BCUT2D eigenvalue weighted by Gasteiger charge is 2.58. The Hall–Kier alpha value is -1.20. The normalized spacial score (nSPS) is 20.1. The Morgan fingerprint density at radius 3 is 2.03 bits per heavy atom. The van der Waals surface area contributed by atoms with Gasteiger partial charge in [-0.05, 0) is 34.5 Å². The molecule has 0 bridgehead atoms. The van der Waals surface area contributed by atoms with E-state index in [1.807, 2.05) is 6.92 Å². The third-order valence-corrected chi connectivity index (χ3v) is 8.84. The number of aliphatic hydroxyl groups is 1. The lowest BCUT2D eigenvalue weighted by atomic mass is 9.44. The zero-order chi connectivity index (χ0) is 23.7. The third kappa shape index (κ3) is 4.67. The van der Waals surface area contributed by atoms with E-state index in [9.17, 15) is 9.59 Å². The molecule has 2 amide bonds. The maximum absolute atomic E-state index is 13.3. The molecule has 1 aliphatic rings. The lowest BCUT2D eigenvalue weighted by Crippen LogP contribution is -2.55. The second-order valence-electron chi connectivity index (χ2n) is 11.7. The molecule has 0 aliphatic carbocycles. The van der Waals surface area contributed by atoms with Crippen molar-refractivity contribution in [2.45, 2.75) is 75.7 Å². The summed E-state index contributed by atoms with van der Waals surface area (Å²) >= 11 is 0. The van der Waals surface area contributed by atoms with Crippen molar-refractivity contribution in [3.8, 4) is 0 Å². The van der Waals surface area contributed by atoms with Crippen LogP contribution in [0.3, 0.4) is 0 Å². The van der Waals surface area contributed by atoms with Gasteiger partial charge in [0, 0.05) is 26.1 Å². The summed E-state index contributed by atoms with van der Waals surface area (Å²) in [5.41, 5.74) is 0.594. The van der Waals surface area contributed by atoms with Crippen LogP contribution in [0, 0.1) is 33.5 Å². The van der Waals surface area contributed by atoms with Crippen LogP contribution in [0.4, 0.5) is 0 Å². The molecule has 1 aliphatic heterocycles.